The Morgan fingerprint density at radius 1 is 1.43 bits per heavy atom. The normalized spacial score (nSPS) is 13.0. The Kier molecular flexibility index (Phi) is 9.40. The fourth-order valence-electron chi connectivity index (χ4n) is 2.05. The van der Waals surface area contributed by atoms with Crippen LogP contribution in [0.2, 0.25) is 5.02 Å². The summed E-state index contributed by atoms with van der Waals surface area (Å²) in [4.78, 5) is 0. The maximum Gasteiger partial charge on any atom is 0.0834 e. The molecule has 0 aliphatic rings. The third kappa shape index (κ3) is 6.59. The molecule has 1 N–H and O–H groups in total. The second-order valence-corrected chi connectivity index (χ2v) is 7.01. The highest BCUT2D eigenvalue weighted by Crippen LogP contribution is 2.26. The maximum absolute atomic E-state index is 6.37. The topological polar surface area (TPSA) is 39.1 Å². The standard InChI is InChI=1S/C15H28ClN3OS/c1-5-6-17-14(11-21-10-12(2)3)15-13(16)9-18-19(15)7-8-20-4/h9,12,14,17H,5-8,10-11H2,1-4H3. The number of nitrogens with one attached hydrogen (secondary N) is 1. The summed E-state index contributed by atoms with van der Waals surface area (Å²) in [5.74, 6) is 2.88. The zero-order chi connectivity index (χ0) is 15.7. The third-order valence-electron chi connectivity index (χ3n) is 3.05. The first-order valence-corrected chi connectivity index (χ1v) is 9.14. The van der Waals surface area contributed by atoms with E-state index in [1.54, 1.807) is 13.3 Å². The van der Waals surface area contributed by atoms with Gasteiger partial charge < -0.3 is 10.1 Å². The molecule has 1 unspecified atom stereocenters. The van der Waals surface area contributed by atoms with Crippen molar-refractivity contribution in [2.45, 2.75) is 39.8 Å². The maximum atomic E-state index is 6.37. The van der Waals surface area contributed by atoms with Gasteiger partial charge in [-0.05, 0) is 24.6 Å². The van der Waals surface area contributed by atoms with E-state index in [0.29, 0.717) is 12.5 Å². The number of thioether (sulfide) groups is 1. The van der Waals surface area contributed by atoms with Gasteiger partial charge in [0.15, 0.2) is 0 Å². The second kappa shape index (κ2) is 10.5. The van der Waals surface area contributed by atoms with Gasteiger partial charge in [0.25, 0.3) is 0 Å². The molecule has 0 radical (unpaired) electrons. The molecular weight excluding hydrogens is 306 g/mol. The van der Waals surface area contributed by atoms with Gasteiger partial charge in [-0.2, -0.15) is 16.9 Å². The minimum absolute atomic E-state index is 0.237. The molecule has 0 aromatic carbocycles. The molecule has 0 saturated carbocycles. The van der Waals surface area contributed by atoms with E-state index in [1.807, 2.05) is 16.4 Å². The van der Waals surface area contributed by atoms with Gasteiger partial charge in [-0.3, -0.25) is 4.68 Å². The number of hydrogen-bond acceptors (Lipinski definition) is 4. The van der Waals surface area contributed by atoms with Crippen molar-refractivity contribution in [1.82, 2.24) is 15.1 Å². The molecule has 0 fully saturated rings. The highest BCUT2D eigenvalue weighted by molar-refractivity contribution is 7.99. The van der Waals surface area contributed by atoms with Gasteiger partial charge in [-0.1, -0.05) is 32.4 Å². The molecular formula is C15H28ClN3OS. The van der Waals surface area contributed by atoms with Gasteiger partial charge in [0.05, 0.1) is 36.1 Å². The molecule has 1 aromatic heterocycles. The van der Waals surface area contributed by atoms with Crippen LogP contribution in [0.25, 0.3) is 0 Å². The highest BCUT2D eigenvalue weighted by atomic mass is 35.5. The van der Waals surface area contributed by atoms with Gasteiger partial charge in [-0.15, -0.1) is 0 Å². The first-order chi connectivity index (χ1) is 10.1. The number of ether oxygens (including phenoxy) is 1. The monoisotopic (exact) mass is 333 g/mol. The number of aromatic nitrogens is 2. The van der Waals surface area contributed by atoms with Crippen molar-refractivity contribution in [3.8, 4) is 0 Å². The number of nitrogens with zero attached hydrogens (tertiary/aromatic N) is 2. The van der Waals surface area contributed by atoms with E-state index in [-0.39, 0.29) is 6.04 Å². The summed E-state index contributed by atoms with van der Waals surface area (Å²) >= 11 is 8.33. The molecule has 0 spiro atoms. The van der Waals surface area contributed by atoms with Crippen molar-refractivity contribution >= 4 is 23.4 Å². The minimum Gasteiger partial charge on any atom is -0.383 e. The molecule has 1 heterocycles. The Morgan fingerprint density at radius 2 is 2.19 bits per heavy atom. The summed E-state index contributed by atoms with van der Waals surface area (Å²) in [6, 6.07) is 0.237. The predicted octanol–water partition coefficient (Wildman–Crippen LogP) is 3.61. The molecule has 1 atom stereocenters. The zero-order valence-corrected chi connectivity index (χ0v) is 15.1. The Hall–Kier alpha value is -0.230. The smallest absolute Gasteiger partial charge is 0.0834 e. The minimum atomic E-state index is 0.237. The van der Waals surface area contributed by atoms with Crippen molar-refractivity contribution in [2.75, 3.05) is 31.8 Å². The van der Waals surface area contributed by atoms with Crippen LogP contribution in [-0.4, -0.2) is 41.5 Å². The summed E-state index contributed by atoms with van der Waals surface area (Å²) in [5.41, 5.74) is 1.08. The summed E-state index contributed by atoms with van der Waals surface area (Å²) in [5, 5.41) is 8.72. The Labute approximate surface area is 138 Å². The lowest BCUT2D eigenvalue weighted by Gasteiger charge is -2.21. The molecule has 6 heteroatoms. The summed E-state index contributed by atoms with van der Waals surface area (Å²) in [6.07, 6.45) is 2.84. The van der Waals surface area contributed by atoms with Crippen LogP contribution in [0.4, 0.5) is 0 Å². The Balaban J connectivity index is 2.77. The fraction of sp³-hybridized carbons (Fsp3) is 0.800. The van der Waals surface area contributed by atoms with Crippen LogP contribution < -0.4 is 5.32 Å². The van der Waals surface area contributed by atoms with Crippen LogP contribution in [0.5, 0.6) is 0 Å². The van der Waals surface area contributed by atoms with Crippen LogP contribution in [0.15, 0.2) is 6.20 Å². The molecule has 122 valence electrons. The van der Waals surface area contributed by atoms with Crippen molar-refractivity contribution < 1.29 is 4.74 Å². The van der Waals surface area contributed by atoms with E-state index in [9.17, 15) is 0 Å². The number of halogens is 1. The molecule has 0 bridgehead atoms. The van der Waals surface area contributed by atoms with Crippen molar-refractivity contribution in [1.29, 1.82) is 0 Å². The lowest BCUT2D eigenvalue weighted by Crippen LogP contribution is -2.28. The molecule has 0 saturated heterocycles. The molecule has 21 heavy (non-hydrogen) atoms. The van der Waals surface area contributed by atoms with E-state index in [2.05, 4.69) is 31.2 Å². The fourth-order valence-corrected chi connectivity index (χ4v) is 3.44. The second-order valence-electron chi connectivity index (χ2n) is 5.53. The zero-order valence-electron chi connectivity index (χ0n) is 13.6. The van der Waals surface area contributed by atoms with Gasteiger partial charge in [0, 0.05) is 12.9 Å². The number of hydrogen-bond donors (Lipinski definition) is 1. The first kappa shape index (κ1) is 18.8. The van der Waals surface area contributed by atoms with Crippen molar-refractivity contribution in [3.05, 3.63) is 16.9 Å². The summed E-state index contributed by atoms with van der Waals surface area (Å²) in [7, 11) is 1.70. The van der Waals surface area contributed by atoms with Gasteiger partial charge in [0.2, 0.25) is 0 Å². The van der Waals surface area contributed by atoms with E-state index < -0.39 is 0 Å². The van der Waals surface area contributed by atoms with E-state index in [4.69, 9.17) is 16.3 Å². The first-order valence-electron chi connectivity index (χ1n) is 7.61. The van der Waals surface area contributed by atoms with Gasteiger partial charge in [0.1, 0.15) is 0 Å². The summed E-state index contributed by atoms with van der Waals surface area (Å²) < 4.78 is 7.12. The quantitative estimate of drug-likeness (QED) is 0.671. The molecule has 4 nitrogen and oxygen atoms in total. The van der Waals surface area contributed by atoms with Crippen LogP contribution in [0.3, 0.4) is 0 Å². The number of methoxy groups -OCH3 is 1. The van der Waals surface area contributed by atoms with Crippen molar-refractivity contribution in [2.24, 2.45) is 5.92 Å². The number of rotatable bonds is 11. The van der Waals surface area contributed by atoms with Crippen LogP contribution in [0.1, 0.15) is 38.9 Å². The highest BCUT2D eigenvalue weighted by Gasteiger charge is 2.20. The van der Waals surface area contributed by atoms with Crippen LogP contribution in [-0.2, 0) is 11.3 Å². The molecule has 0 aliphatic carbocycles. The largest absolute Gasteiger partial charge is 0.383 e. The average Bonchev–Trinajstić information content (AvgIpc) is 2.81. The molecule has 1 aromatic rings. The lowest BCUT2D eigenvalue weighted by atomic mass is 10.2. The van der Waals surface area contributed by atoms with Gasteiger partial charge >= 0.3 is 0 Å². The Bertz CT molecular complexity index is 398. The van der Waals surface area contributed by atoms with E-state index in [1.165, 1.54) is 0 Å². The summed E-state index contributed by atoms with van der Waals surface area (Å²) in [6.45, 7) is 9.03. The molecule has 0 amide bonds. The predicted molar refractivity (Wildman–Crippen MR) is 92.3 cm³/mol. The third-order valence-corrected chi connectivity index (χ3v) is 4.81. The Morgan fingerprint density at radius 3 is 2.81 bits per heavy atom. The SMILES string of the molecule is CCCNC(CSCC(C)C)c1c(Cl)cnn1CCOC. The van der Waals surface area contributed by atoms with Gasteiger partial charge in [-0.25, -0.2) is 0 Å². The lowest BCUT2D eigenvalue weighted by molar-refractivity contribution is 0.182. The van der Waals surface area contributed by atoms with E-state index in [0.717, 1.165) is 41.7 Å². The van der Waals surface area contributed by atoms with Crippen molar-refractivity contribution in [3.63, 3.8) is 0 Å². The van der Waals surface area contributed by atoms with Crippen LogP contribution >= 0.6 is 23.4 Å². The average molecular weight is 334 g/mol. The van der Waals surface area contributed by atoms with Crippen LogP contribution in [0, 0.1) is 5.92 Å². The molecule has 0 aliphatic heterocycles. The van der Waals surface area contributed by atoms with E-state index >= 15 is 0 Å². The molecule has 1 rings (SSSR count).